The van der Waals surface area contributed by atoms with E-state index >= 15 is 0 Å². The standard InChI is InChI=1S/C27H24N2O3S/c1-3-31-23-11-7-10-20-16-22-26(32-24(20)23)28-25(19-12-14-21(30-2)15-13-19)29-27(22)33-17-18-8-5-4-6-9-18/h4-15H,3,16-17H2,1-2H3. The molecule has 0 amide bonds. The molecule has 0 saturated heterocycles. The van der Waals surface area contributed by atoms with Gasteiger partial charge in [-0.05, 0) is 42.8 Å². The lowest BCUT2D eigenvalue weighted by Gasteiger charge is -2.23. The summed E-state index contributed by atoms with van der Waals surface area (Å²) in [5.74, 6) is 4.31. The molecule has 3 aromatic carbocycles. The fraction of sp³-hybridized carbons (Fsp3) is 0.185. The Kier molecular flexibility index (Phi) is 6.17. The van der Waals surface area contributed by atoms with Crippen molar-refractivity contribution in [3.05, 3.63) is 89.5 Å². The van der Waals surface area contributed by atoms with Crippen molar-refractivity contribution in [1.29, 1.82) is 0 Å². The Morgan fingerprint density at radius 2 is 1.76 bits per heavy atom. The second-order valence-electron chi connectivity index (χ2n) is 7.60. The number of methoxy groups -OCH3 is 1. The minimum atomic E-state index is 0.575. The number of hydrogen-bond donors (Lipinski definition) is 0. The Bertz CT molecular complexity index is 1260. The van der Waals surface area contributed by atoms with Gasteiger partial charge in [0.05, 0.1) is 19.3 Å². The zero-order valence-corrected chi connectivity index (χ0v) is 19.4. The zero-order valence-electron chi connectivity index (χ0n) is 18.6. The fourth-order valence-corrected chi connectivity index (χ4v) is 4.75. The molecule has 1 aromatic heterocycles. The van der Waals surface area contributed by atoms with Crippen molar-refractivity contribution in [3.8, 4) is 34.5 Å². The van der Waals surface area contributed by atoms with E-state index in [4.69, 9.17) is 24.2 Å². The van der Waals surface area contributed by atoms with Gasteiger partial charge in [-0.25, -0.2) is 4.98 Å². The highest BCUT2D eigenvalue weighted by molar-refractivity contribution is 7.98. The van der Waals surface area contributed by atoms with E-state index in [2.05, 4.69) is 30.3 Å². The van der Waals surface area contributed by atoms with Crippen LogP contribution in [0.1, 0.15) is 23.6 Å². The average Bonchev–Trinajstić information content (AvgIpc) is 2.87. The summed E-state index contributed by atoms with van der Waals surface area (Å²) in [5.41, 5.74) is 4.24. The summed E-state index contributed by atoms with van der Waals surface area (Å²) in [4.78, 5) is 9.77. The molecule has 0 saturated carbocycles. The van der Waals surface area contributed by atoms with Crippen molar-refractivity contribution in [2.75, 3.05) is 13.7 Å². The van der Waals surface area contributed by atoms with Gasteiger partial charge in [-0.3, -0.25) is 0 Å². The summed E-state index contributed by atoms with van der Waals surface area (Å²) in [6.07, 6.45) is 0.700. The first-order chi connectivity index (χ1) is 16.2. The summed E-state index contributed by atoms with van der Waals surface area (Å²) in [6.45, 7) is 2.55. The van der Waals surface area contributed by atoms with Crippen molar-refractivity contribution in [2.24, 2.45) is 0 Å². The minimum Gasteiger partial charge on any atom is -0.497 e. The Morgan fingerprint density at radius 3 is 2.52 bits per heavy atom. The number of fused-ring (bicyclic) bond motifs is 2. The number of nitrogens with zero attached hydrogens (tertiary/aromatic N) is 2. The van der Waals surface area contributed by atoms with Crippen molar-refractivity contribution in [2.45, 2.75) is 24.1 Å². The lowest BCUT2D eigenvalue weighted by atomic mass is 10.0. The monoisotopic (exact) mass is 456 g/mol. The molecule has 5 rings (SSSR count). The SMILES string of the molecule is CCOc1cccc2c1Oc1nc(-c3ccc(OC)cc3)nc(SCc3ccccc3)c1C2. The van der Waals surface area contributed by atoms with Gasteiger partial charge >= 0.3 is 0 Å². The van der Waals surface area contributed by atoms with Gasteiger partial charge in [0.15, 0.2) is 17.3 Å². The number of para-hydroxylation sites is 1. The van der Waals surface area contributed by atoms with Crippen LogP contribution in [0.5, 0.6) is 23.1 Å². The highest BCUT2D eigenvalue weighted by atomic mass is 32.2. The number of hydrogen-bond acceptors (Lipinski definition) is 6. The third-order valence-corrected chi connectivity index (χ3v) is 6.51. The molecule has 5 nitrogen and oxygen atoms in total. The lowest BCUT2D eigenvalue weighted by molar-refractivity contribution is 0.315. The van der Waals surface area contributed by atoms with Gasteiger partial charge in [0, 0.05) is 23.3 Å². The Balaban J connectivity index is 1.55. The van der Waals surface area contributed by atoms with Crippen LogP contribution in [0.15, 0.2) is 77.8 Å². The van der Waals surface area contributed by atoms with E-state index < -0.39 is 0 Å². The maximum atomic E-state index is 6.35. The van der Waals surface area contributed by atoms with Gasteiger partial charge < -0.3 is 14.2 Å². The Morgan fingerprint density at radius 1 is 0.939 bits per heavy atom. The molecule has 0 fully saturated rings. The second-order valence-corrected chi connectivity index (χ2v) is 8.56. The molecule has 1 aliphatic rings. The van der Waals surface area contributed by atoms with Gasteiger partial charge in [0.2, 0.25) is 5.88 Å². The molecule has 0 bridgehead atoms. The number of ether oxygens (including phenoxy) is 3. The summed E-state index contributed by atoms with van der Waals surface area (Å²) < 4.78 is 17.5. The van der Waals surface area contributed by atoms with E-state index in [1.54, 1.807) is 18.9 Å². The summed E-state index contributed by atoms with van der Waals surface area (Å²) >= 11 is 1.71. The number of aromatic nitrogens is 2. The second kappa shape index (κ2) is 9.55. The lowest BCUT2D eigenvalue weighted by Crippen LogP contribution is -2.10. The highest BCUT2D eigenvalue weighted by Crippen LogP contribution is 2.45. The molecule has 4 aromatic rings. The first kappa shape index (κ1) is 21.3. The van der Waals surface area contributed by atoms with Gasteiger partial charge in [-0.1, -0.05) is 42.5 Å². The average molecular weight is 457 g/mol. The first-order valence-corrected chi connectivity index (χ1v) is 11.9. The van der Waals surface area contributed by atoms with Crippen molar-refractivity contribution >= 4 is 11.8 Å². The molecule has 0 N–H and O–H groups in total. The Labute approximate surface area is 197 Å². The largest absolute Gasteiger partial charge is 0.497 e. The van der Waals surface area contributed by atoms with Crippen LogP contribution in [0.4, 0.5) is 0 Å². The maximum absolute atomic E-state index is 6.35. The van der Waals surface area contributed by atoms with Crippen molar-refractivity contribution in [1.82, 2.24) is 9.97 Å². The third-order valence-electron chi connectivity index (χ3n) is 5.42. The summed E-state index contributed by atoms with van der Waals surface area (Å²) in [5, 5.41) is 0.933. The van der Waals surface area contributed by atoms with Gasteiger partial charge in [-0.2, -0.15) is 4.98 Å². The number of thioether (sulfide) groups is 1. The molecule has 33 heavy (non-hydrogen) atoms. The highest BCUT2D eigenvalue weighted by Gasteiger charge is 2.26. The van der Waals surface area contributed by atoms with E-state index in [1.807, 2.05) is 49.4 Å². The van der Waals surface area contributed by atoms with Gasteiger partial charge in [-0.15, -0.1) is 11.8 Å². The molecule has 2 heterocycles. The van der Waals surface area contributed by atoms with Gasteiger partial charge in [0.1, 0.15) is 10.8 Å². The summed E-state index contributed by atoms with van der Waals surface area (Å²) in [6, 6.07) is 24.2. The van der Waals surface area contributed by atoms with Crippen LogP contribution in [-0.2, 0) is 12.2 Å². The normalized spacial score (nSPS) is 11.8. The molecular formula is C27H24N2O3S. The van der Waals surface area contributed by atoms with E-state index in [0.29, 0.717) is 24.7 Å². The zero-order chi connectivity index (χ0) is 22.6. The van der Waals surface area contributed by atoms with Crippen LogP contribution in [0.2, 0.25) is 0 Å². The van der Waals surface area contributed by atoms with Crippen molar-refractivity contribution < 1.29 is 14.2 Å². The van der Waals surface area contributed by atoms with Crippen LogP contribution >= 0.6 is 11.8 Å². The van der Waals surface area contributed by atoms with Crippen LogP contribution in [0, 0.1) is 0 Å². The minimum absolute atomic E-state index is 0.575. The molecule has 166 valence electrons. The van der Waals surface area contributed by atoms with Crippen LogP contribution in [-0.4, -0.2) is 23.7 Å². The molecular weight excluding hydrogens is 432 g/mol. The summed E-state index contributed by atoms with van der Waals surface area (Å²) in [7, 11) is 1.66. The van der Waals surface area contributed by atoms with Crippen molar-refractivity contribution in [3.63, 3.8) is 0 Å². The van der Waals surface area contributed by atoms with Crippen LogP contribution < -0.4 is 14.2 Å². The first-order valence-electron chi connectivity index (χ1n) is 10.9. The molecule has 0 spiro atoms. The third kappa shape index (κ3) is 4.52. The van der Waals surface area contributed by atoms with Crippen LogP contribution in [0.25, 0.3) is 11.4 Å². The maximum Gasteiger partial charge on any atom is 0.227 e. The number of rotatable bonds is 7. The van der Waals surface area contributed by atoms with Gasteiger partial charge in [0.25, 0.3) is 0 Å². The molecule has 1 aliphatic heterocycles. The quantitative estimate of drug-likeness (QED) is 0.205. The predicted octanol–water partition coefficient (Wildman–Crippen LogP) is 6.54. The smallest absolute Gasteiger partial charge is 0.227 e. The Hall–Kier alpha value is -3.51. The molecule has 0 unspecified atom stereocenters. The predicted molar refractivity (Wildman–Crippen MR) is 131 cm³/mol. The van der Waals surface area contributed by atoms with E-state index in [1.165, 1.54) is 5.56 Å². The van der Waals surface area contributed by atoms with E-state index in [-0.39, 0.29) is 0 Å². The molecule has 0 radical (unpaired) electrons. The van der Waals surface area contributed by atoms with E-state index in [9.17, 15) is 0 Å². The topological polar surface area (TPSA) is 53.5 Å². The number of benzene rings is 3. The fourth-order valence-electron chi connectivity index (χ4n) is 3.77. The molecule has 6 heteroatoms. The van der Waals surface area contributed by atoms with Crippen LogP contribution in [0.3, 0.4) is 0 Å². The molecule has 0 atom stereocenters. The van der Waals surface area contributed by atoms with E-state index in [0.717, 1.165) is 44.7 Å². The molecule has 0 aliphatic carbocycles.